The van der Waals surface area contributed by atoms with Crippen molar-refractivity contribution in [2.24, 2.45) is 0 Å². The Hall–Kier alpha value is -2.12. The van der Waals surface area contributed by atoms with Gasteiger partial charge in [-0.05, 0) is 74.1 Å². The average Bonchev–Trinajstić information content (AvgIpc) is 2.71. The summed E-state index contributed by atoms with van der Waals surface area (Å²) in [4.78, 5) is 8.00. The SMILES string of the molecule is C#CCC(O)COc1c(C)cc(Cc2cc(C)c(OC[CH-]CO)c(C)c2)cc1C.C=O.[W]. The van der Waals surface area contributed by atoms with Crippen molar-refractivity contribution >= 4 is 6.79 Å². The molecule has 1 unspecified atom stereocenters. The zero-order chi connectivity index (χ0) is 23.4. The summed E-state index contributed by atoms with van der Waals surface area (Å²) in [5.41, 5.74) is 6.68. The molecule has 0 aliphatic rings. The maximum atomic E-state index is 9.79. The Balaban J connectivity index is 0.00000311. The molecule has 2 aromatic carbocycles. The van der Waals surface area contributed by atoms with Gasteiger partial charge in [-0.1, -0.05) is 30.9 Å². The molecule has 174 valence electrons. The van der Waals surface area contributed by atoms with Gasteiger partial charge < -0.3 is 24.5 Å². The van der Waals surface area contributed by atoms with E-state index in [0.717, 1.165) is 40.2 Å². The molecule has 32 heavy (non-hydrogen) atoms. The molecule has 0 fully saturated rings. The quantitative estimate of drug-likeness (QED) is 0.245. The average molecular weight is 609 g/mol. The van der Waals surface area contributed by atoms with Crippen LogP contribution in [0.15, 0.2) is 24.3 Å². The minimum Gasteiger partial charge on any atom is -0.524 e. The molecule has 0 radical (unpaired) electrons. The third-order valence-corrected chi connectivity index (χ3v) is 4.70. The van der Waals surface area contributed by atoms with Crippen LogP contribution in [0, 0.1) is 46.5 Å². The van der Waals surface area contributed by atoms with Gasteiger partial charge in [-0.2, -0.15) is 0 Å². The summed E-state index contributed by atoms with van der Waals surface area (Å²) >= 11 is 0. The van der Waals surface area contributed by atoms with Crippen LogP contribution in [0.1, 0.15) is 39.8 Å². The van der Waals surface area contributed by atoms with Crippen LogP contribution >= 0.6 is 0 Å². The first-order valence-corrected chi connectivity index (χ1v) is 10.1. The Labute approximate surface area is 206 Å². The topological polar surface area (TPSA) is 76.0 Å². The molecule has 1 atom stereocenters. The monoisotopic (exact) mass is 609 g/mol. The zero-order valence-electron chi connectivity index (χ0n) is 19.3. The second-order valence-corrected chi connectivity index (χ2v) is 7.45. The predicted octanol–water partition coefficient (Wildman–Crippen LogP) is 3.66. The van der Waals surface area contributed by atoms with Crippen molar-refractivity contribution in [1.29, 1.82) is 0 Å². The normalized spacial score (nSPS) is 10.8. The van der Waals surface area contributed by atoms with Gasteiger partial charge in [0.15, 0.2) is 0 Å². The molecule has 2 N–H and O–H groups in total. The standard InChI is InChI=1S/C25H31O4.CH2O.W/c1-6-8-23(27)16-29-25-19(4)13-22(14-20(25)5)15-21-11-17(2)24(18(3)12-21)28-10-7-9-26;1-2;/h1,7,11-14,23,26-27H,8-10,15-16H2,2-5H3;1H2;/q-1;;. The van der Waals surface area contributed by atoms with Gasteiger partial charge >= 0.3 is 0 Å². The van der Waals surface area contributed by atoms with Gasteiger partial charge in [0.1, 0.15) is 24.9 Å². The fourth-order valence-electron chi connectivity index (χ4n) is 3.54. The van der Waals surface area contributed by atoms with Gasteiger partial charge in [0.05, 0.1) is 6.10 Å². The molecule has 0 amide bonds. The van der Waals surface area contributed by atoms with E-state index in [-0.39, 0.29) is 40.7 Å². The molecule has 0 aromatic heterocycles. The number of terminal acetylenes is 1. The third kappa shape index (κ3) is 9.16. The summed E-state index contributed by atoms with van der Waals surface area (Å²) in [5.74, 6) is 4.13. The fourth-order valence-corrected chi connectivity index (χ4v) is 3.54. The van der Waals surface area contributed by atoms with E-state index in [9.17, 15) is 5.11 Å². The third-order valence-electron chi connectivity index (χ3n) is 4.70. The summed E-state index contributed by atoms with van der Waals surface area (Å²) in [7, 11) is 0. The Bertz CT molecular complexity index is 842. The molecular weight excluding hydrogens is 576 g/mol. The van der Waals surface area contributed by atoms with E-state index in [1.165, 1.54) is 11.1 Å². The van der Waals surface area contributed by atoms with Crippen LogP contribution in [0.25, 0.3) is 0 Å². The molecule has 0 spiro atoms. The first kappa shape index (κ1) is 29.9. The molecule has 2 aromatic rings. The summed E-state index contributed by atoms with van der Waals surface area (Å²) in [6.45, 7) is 10.7. The van der Waals surface area contributed by atoms with Crippen molar-refractivity contribution in [3.05, 3.63) is 64.1 Å². The summed E-state index contributed by atoms with van der Waals surface area (Å²) < 4.78 is 11.6. The minimum absolute atomic E-state index is 0. The molecular formula is C26H33O5W-. The first-order chi connectivity index (χ1) is 14.8. The first-order valence-electron chi connectivity index (χ1n) is 10.1. The second-order valence-electron chi connectivity index (χ2n) is 7.45. The van der Waals surface area contributed by atoms with Crippen LogP contribution in [0.4, 0.5) is 0 Å². The largest absolute Gasteiger partial charge is 0.524 e. The van der Waals surface area contributed by atoms with E-state index in [1.807, 2.05) is 34.5 Å². The number of aliphatic hydroxyl groups is 2. The van der Waals surface area contributed by atoms with Gasteiger partial charge in [-0.15, -0.1) is 12.3 Å². The molecule has 0 aliphatic carbocycles. The van der Waals surface area contributed by atoms with Crippen LogP contribution in [0.5, 0.6) is 11.5 Å². The molecule has 6 heteroatoms. The molecule has 0 saturated heterocycles. The van der Waals surface area contributed by atoms with E-state index in [4.69, 9.17) is 25.8 Å². The van der Waals surface area contributed by atoms with E-state index in [0.29, 0.717) is 6.61 Å². The Kier molecular flexibility index (Phi) is 14.6. The fraction of sp³-hybridized carbons (Fsp3) is 0.385. The zero-order valence-corrected chi connectivity index (χ0v) is 22.2. The van der Waals surface area contributed by atoms with Gasteiger partial charge in [0.25, 0.3) is 0 Å². The number of benzene rings is 2. The van der Waals surface area contributed by atoms with E-state index < -0.39 is 6.10 Å². The number of carbonyl (C=O) groups is 1. The van der Waals surface area contributed by atoms with Crippen molar-refractivity contribution in [3.63, 3.8) is 0 Å². The van der Waals surface area contributed by atoms with Crippen molar-refractivity contribution < 1.29 is 45.5 Å². The van der Waals surface area contributed by atoms with Crippen LogP contribution < -0.4 is 9.47 Å². The summed E-state index contributed by atoms with van der Waals surface area (Å²) in [5, 5.41) is 18.7. The molecule has 2 rings (SSSR count). The van der Waals surface area contributed by atoms with Crippen LogP contribution in [0.3, 0.4) is 0 Å². The van der Waals surface area contributed by atoms with Crippen molar-refractivity contribution in [2.75, 3.05) is 19.8 Å². The summed E-state index contributed by atoms with van der Waals surface area (Å²) in [6, 6.07) is 8.54. The van der Waals surface area contributed by atoms with Gasteiger partial charge in [-0.3, -0.25) is 6.42 Å². The second kappa shape index (κ2) is 15.6. The Morgan fingerprint density at radius 2 is 1.41 bits per heavy atom. The van der Waals surface area contributed by atoms with Crippen molar-refractivity contribution in [2.45, 2.75) is 46.6 Å². The molecule has 0 saturated carbocycles. The predicted molar refractivity (Wildman–Crippen MR) is 124 cm³/mol. The number of rotatable bonds is 10. The van der Waals surface area contributed by atoms with Gasteiger partial charge in [0.2, 0.25) is 0 Å². The van der Waals surface area contributed by atoms with Gasteiger partial charge in [0, 0.05) is 27.5 Å². The molecule has 5 nitrogen and oxygen atoms in total. The Morgan fingerprint density at radius 1 is 0.969 bits per heavy atom. The van der Waals surface area contributed by atoms with E-state index in [1.54, 1.807) is 6.42 Å². The van der Waals surface area contributed by atoms with Crippen molar-refractivity contribution in [1.82, 2.24) is 0 Å². The van der Waals surface area contributed by atoms with Crippen LogP contribution in [-0.2, 0) is 32.3 Å². The van der Waals surface area contributed by atoms with Crippen LogP contribution in [0.2, 0.25) is 0 Å². The van der Waals surface area contributed by atoms with E-state index in [2.05, 4.69) is 30.2 Å². The number of ether oxygens (including phenoxy) is 2. The molecule has 0 bridgehead atoms. The molecule has 0 heterocycles. The Morgan fingerprint density at radius 3 is 1.81 bits per heavy atom. The number of carbonyl (C=O) groups excluding carboxylic acids is 1. The minimum atomic E-state index is -0.653. The van der Waals surface area contributed by atoms with Crippen molar-refractivity contribution in [3.8, 4) is 23.8 Å². The smallest absolute Gasteiger partial charge is 0.125 e. The van der Waals surface area contributed by atoms with E-state index >= 15 is 0 Å². The van der Waals surface area contributed by atoms with Gasteiger partial charge in [-0.25, -0.2) is 0 Å². The maximum Gasteiger partial charge on any atom is 0.125 e. The number of aryl methyl sites for hydroxylation is 4. The maximum absolute atomic E-state index is 9.79. The summed E-state index contributed by atoms with van der Waals surface area (Å²) in [6.07, 6.45) is 7.36. The number of hydrogen-bond donors (Lipinski definition) is 2. The van der Waals surface area contributed by atoms with Crippen LogP contribution in [-0.4, -0.2) is 42.9 Å². The number of aliphatic hydroxyl groups excluding tert-OH is 2. The molecule has 0 aliphatic heterocycles. The number of hydrogen-bond acceptors (Lipinski definition) is 5.